The van der Waals surface area contributed by atoms with E-state index in [9.17, 15) is 0 Å². The van der Waals surface area contributed by atoms with Gasteiger partial charge in [0.25, 0.3) is 0 Å². The van der Waals surface area contributed by atoms with Crippen LogP contribution < -0.4 is 10.6 Å². The largest absolute Gasteiger partial charge is 0.371 e. The topological polar surface area (TPSA) is 29.3 Å². The molecule has 0 bridgehead atoms. The summed E-state index contributed by atoms with van der Waals surface area (Å²) in [5.74, 6) is 1.35. The molecular formula is C17H30N2. The second-order valence-corrected chi connectivity index (χ2v) is 6.30. The predicted molar refractivity (Wildman–Crippen MR) is 85.6 cm³/mol. The highest BCUT2D eigenvalue weighted by Gasteiger charge is 2.11. The summed E-state index contributed by atoms with van der Waals surface area (Å²) in [5, 5.41) is 0. The van der Waals surface area contributed by atoms with Crippen molar-refractivity contribution in [3.05, 3.63) is 29.8 Å². The summed E-state index contributed by atoms with van der Waals surface area (Å²) in [6.45, 7) is 13.4. The first kappa shape index (κ1) is 16.0. The van der Waals surface area contributed by atoms with E-state index in [2.05, 4.69) is 63.8 Å². The van der Waals surface area contributed by atoms with E-state index in [1.165, 1.54) is 11.3 Å². The Morgan fingerprint density at radius 1 is 0.947 bits per heavy atom. The van der Waals surface area contributed by atoms with Gasteiger partial charge in [-0.3, -0.25) is 0 Å². The van der Waals surface area contributed by atoms with Crippen LogP contribution in [-0.4, -0.2) is 13.1 Å². The standard InChI is InChI=1S/C17H30N2/c1-6-17(18)15-7-9-16(10-8-15)19(11-13(2)3)12-14(4)5/h7-10,13-14,17H,6,11-12,18H2,1-5H3. The molecule has 1 atom stereocenters. The number of nitrogens with two attached hydrogens (primary N) is 1. The van der Waals surface area contributed by atoms with Crippen LogP contribution in [0.5, 0.6) is 0 Å². The van der Waals surface area contributed by atoms with Gasteiger partial charge in [-0.15, -0.1) is 0 Å². The van der Waals surface area contributed by atoms with E-state index in [4.69, 9.17) is 5.73 Å². The SMILES string of the molecule is CCC(N)c1ccc(N(CC(C)C)CC(C)C)cc1. The summed E-state index contributed by atoms with van der Waals surface area (Å²) in [5.41, 5.74) is 8.62. The van der Waals surface area contributed by atoms with Crippen molar-refractivity contribution in [2.45, 2.75) is 47.1 Å². The average molecular weight is 262 g/mol. The summed E-state index contributed by atoms with van der Waals surface area (Å²) in [7, 11) is 0. The van der Waals surface area contributed by atoms with Crippen molar-refractivity contribution in [1.82, 2.24) is 0 Å². The van der Waals surface area contributed by atoms with Gasteiger partial charge in [0.15, 0.2) is 0 Å². The molecule has 1 unspecified atom stereocenters. The van der Waals surface area contributed by atoms with Crippen LogP contribution in [-0.2, 0) is 0 Å². The minimum Gasteiger partial charge on any atom is -0.371 e. The normalized spacial score (nSPS) is 13.1. The van der Waals surface area contributed by atoms with E-state index >= 15 is 0 Å². The molecule has 0 fully saturated rings. The van der Waals surface area contributed by atoms with Crippen molar-refractivity contribution in [2.24, 2.45) is 17.6 Å². The lowest BCUT2D eigenvalue weighted by Crippen LogP contribution is -2.31. The second kappa shape index (κ2) is 7.54. The Labute approximate surface area is 119 Å². The van der Waals surface area contributed by atoms with Gasteiger partial charge in [-0.25, -0.2) is 0 Å². The molecule has 0 heterocycles. The van der Waals surface area contributed by atoms with E-state index in [1.807, 2.05) is 0 Å². The number of hydrogen-bond donors (Lipinski definition) is 1. The smallest absolute Gasteiger partial charge is 0.0366 e. The Kier molecular flexibility index (Phi) is 6.36. The highest BCUT2D eigenvalue weighted by atomic mass is 15.1. The number of hydrogen-bond acceptors (Lipinski definition) is 2. The first-order valence-electron chi connectivity index (χ1n) is 7.54. The lowest BCUT2D eigenvalue weighted by molar-refractivity contribution is 0.552. The Balaban J connectivity index is 2.84. The molecule has 0 aliphatic rings. The minimum absolute atomic E-state index is 0.165. The van der Waals surface area contributed by atoms with Gasteiger partial charge in [-0.05, 0) is 36.0 Å². The molecule has 0 aliphatic carbocycles. The number of anilines is 1. The Morgan fingerprint density at radius 2 is 1.42 bits per heavy atom. The molecule has 1 aromatic carbocycles. The third-order valence-corrected chi connectivity index (χ3v) is 3.30. The minimum atomic E-state index is 0.165. The van der Waals surface area contributed by atoms with Crippen LogP contribution in [0.4, 0.5) is 5.69 Å². The van der Waals surface area contributed by atoms with Crippen LogP contribution in [0.2, 0.25) is 0 Å². The van der Waals surface area contributed by atoms with Crippen LogP contribution in [0, 0.1) is 11.8 Å². The van der Waals surface area contributed by atoms with Crippen molar-refractivity contribution in [3.8, 4) is 0 Å². The fourth-order valence-electron chi connectivity index (χ4n) is 2.33. The van der Waals surface area contributed by atoms with Gasteiger partial charge in [-0.1, -0.05) is 46.8 Å². The molecule has 0 amide bonds. The van der Waals surface area contributed by atoms with E-state index in [1.54, 1.807) is 0 Å². The Bertz CT molecular complexity index is 344. The van der Waals surface area contributed by atoms with Crippen molar-refractivity contribution in [1.29, 1.82) is 0 Å². The monoisotopic (exact) mass is 262 g/mol. The first-order valence-corrected chi connectivity index (χ1v) is 7.54. The molecule has 0 saturated heterocycles. The van der Waals surface area contributed by atoms with Gasteiger partial charge in [0.1, 0.15) is 0 Å². The quantitative estimate of drug-likeness (QED) is 0.797. The van der Waals surface area contributed by atoms with Gasteiger partial charge >= 0.3 is 0 Å². The van der Waals surface area contributed by atoms with E-state index < -0.39 is 0 Å². The zero-order chi connectivity index (χ0) is 14.4. The van der Waals surface area contributed by atoms with Gasteiger partial charge in [0.2, 0.25) is 0 Å². The molecule has 2 N–H and O–H groups in total. The summed E-state index contributed by atoms with van der Waals surface area (Å²) in [4.78, 5) is 2.48. The molecule has 0 aromatic heterocycles. The number of nitrogens with zero attached hydrogens (tertiary/aromatic N) is 1. The van der Waals surface area contributed by atoms with Crippen LogP contribution in [0.25, 0.3) is 0 Å². The summed E-state index contributed by atoms with van der Waals surface area (Å²) in [6, 6.07) is 8.96. The maximum Gasteiger partial charge on any atom is 0.0366 e. The lowest BCUT2D eigenvalue weighted by Gasteiger charge is -2.29. The van der Waals surface area contributed by atoms with E-state index in [-0.39, 0.29) is 6.04 Å². The lowest BCUT2D eigenvalue weighted by atomic mass is 10.0. The Morgan fingerprint density at radius 3 is 1.79 bits per heavy atom. The molecular weight excluding hydrogens is 232 g/mol. The van der Waals surface area contributed by atoms with Gasteiger partial charge in [0.05, 0.1) is 0 Å². The van der Waals surface area contributed by atoms with Gasteiger partial charge < -0.3 is 10.6 Å². The zero-order valence-corrected chi connectivity index (χ0v) is 13.2. The second-order valence-electron chi connectivity index (χ2n) is 6.30. The summed E-state index contributed by atoms with van der Waals surface area (Å²) >= 11 is 0. The van der Waals surface area contributed by atoms with Crippen LogP contribution >= 0.6 is 0 Å². The van der Waals surface area contributed by atoms with Crippen LogP contribution in [0.1, 0.15) is 52.6 Å². The van der Waals surface area contributed by atoms with Crippen LogP contribution in [0.3, 0.4) is 0 Å². The van der Waals surface area contributed by atoms with Crippen molar-refractivity contribution >= 4 is 5.69 Å². The third kappa shape index (κ3) is 5.23. The molecule has 0 saturated carbocycles. The number of benzene rings is 1. The van der Waals surface area contributed by atoms with E-state index in [0.29, 0.717) is 11.8 Å². The fraction of sp³-hybridized carbons (Fsp3) is 0.647. The molecule has 2 nitrogen and oxygen atoms in total. The van der Waals surface area contributed by atoms with Gasteiger partial charge in [0, 0.05) is 24.8 Å². The maximum atomic E-state index is 6.07. The molecule has 19 heavy (non-hydrogen) atoms. The molecule has 108 valence electrons. The maximum absolute atomic E-state index is 6.07. The van der Waals surface area contributed by atoms with Crippen molar-refractivity contribution in [3.63, 3.8) is 0 Å². The third-order valence-electron chi connectivity index (χ3n) is 3.30. The van der Waals surface area contributed by atoms with Crippen LogP contribution in [0.15, 0.2) is 24.3 Å². The first-order chi connectivity index (χ1) is 8.93. The molecule has 0 radical (unpaired) electrons. The average Bonchev–Trinajstić information content (AvgIpc) is 2.36. The predicted octanol–water partition coefficient (Wildman–Crippen LogP) is 4.21. The molecule has 2 heteroatoms. The Hall–Kier alpha value is -1.02. The molecule has 0 spiro atoms. The highest BCUT2D eigenvalue weighted by Crippen LogP contribution is 2.21. The highest BCUT2D eigenvalue weighted by molar-refractivity contribution is 5.48. The van der Waals surface area contributed by atoms with Crippen molar-refractivity contribution < 1.29 is 0 Å². The summed E-state index contributed by atoms with van der Waals surface area (Å²) < 4.78 is 0. The molecule has 0 aliphatic heterocycles. The van der Waals surface area contributed by atoms with Gasteiger partial charge in [-0.2, -0.15) is 0 Å². The zero-order valence-electron chi connectivity index (χ0n) is 13.2. The van der Waals surface area contributed by atoms with Crippen molar-refractivity contribution in [2.75, 3.05) is 18.0 Å². The molecule has 1 rings (SSSR count). The fourth-order valence-corrected chi connectivity index (χ4v) is 2.33. The molecule has 1 aromatic rings. The van der Waals surface area contributed by atoms with E-state index in [0.717, 1.165) is 19.5 Å². The number of rotatable bonds is 7. The summed E-state index contributed by atoms with van der Waals surface area (Å²) in [6.07, 6.45) is 0.987.